The van der Waals surface area contributed by atoms with Gasteiger partial charge in [-0.1, -0.05) is 41.6 Å². The Bertz CT molecular complexity index is 1150. The first-order chi connectivity index (χ1) is 13.7. The molecule has 0 aliphatic heterocycles. The van der Waals surface area contributed by atoms with E-state index in [0.717, 1.165) is 39.2 Å². The largest absolute Gasteiger partial charge is 0.490 e. The van der Waals surface area contributed by atoms with Gasteiger partial charge in [-0.15, -0.1) is 0 Å². The first-order valence-electron chi connectivity index (χ1n) is 9.17. The van der Waals surface area contributed by atoms with Crippen LogP contribution in [0.4, 0.5) is 0 Å². The highest BCUT2D eigenvalue weighted by Gasteiger charge is 2.10. The normalized spacial score (nSPS) is 11.5. The van der Waals surface area contributed by atoms with Crippen molar-refractivity contribution in [1.82, 2.24) is 9.55 Å². The summed E-state index contributed by atoms with van der Waals surface area (Å²) in [5, 5.41) is 11.8. The molecule has 0 bridgehead atoms. The molecule has 0 saturated carbocycles. The number of hydrogen-bond acceptors (Lipinski definition) is 4. The van der Waals surface area contributed by atoms with Gasteiger partial charge in [-0.25, -0.2) is 4.98 Å². The summed E-state index contributed by atoms with van der Waals surface area (Å²) in [7, 11) is 0. The molecular weight excluding hydrogens is 350 g/mol. The lowest BCUT2D eigenvalue weighted by Crippen LogP contribution is -2.06. The fraction of sp³-hybridized carbons (Fsp3) is 0.130. The van der Waals surface area contributed by atoms with Gasteiger partial charge in [0.15, 0.2) is 0 Å². The van der Waals surface area contributed by atoms with Crippen molar-refractivity contribution in [2.75, 3.05) is 0 Å². The number of rotatable bonds is 5. The molecule has 28 heavy (non-hydrogen) atoms. The SMILES string of the molecule is CC(C)Oc1ccccc1-c1cccc(-n2cnc3cc(/C=N/O)ccc32)c1. The Balaban J connectivity index is 1.77. The molecule has 140 valence electrons. The molecule has 0 aliphatic rings. The van der Waals surface area contributed by atoms with Crippen LogP contribution in [0, 0.1) is 0 Å². The van der Waals surface area contributed by atoms with Crippen LogP contribution in [0.1, 0.15) is 19.4 Å². The van der Waals surface area contributed by atoms with Crippen LogP contribution in [-0.4, -0.2) is 27.1 Å². The van der Waals surface area contributed by atoms with E-state index in [-0.39, 0.29) is 6.10 Å². The van der Waals surface area contributed by atoms with Crippen molar-refractivity contribution in [2.24, 2.45) is 5.16 Å². The average Bonchev–Trinajstić information content (AvgIpc) is 3.12. The van der Waals surface area contributed by atoms with Crippen LogP contribution < -0.4 is 4.74 Å². The van der Waals surface area contributed by atoms with E-state index in [0.29, 0.717) is 0 Å². The maximum Gasteiger partial charge on any atom is 0.127 e. The number of fused-ring (bicyclic) bond motifs is 1. The zero-order valence-corrected chi connectivity index (χ0v) is 15.8. The second kappa shape index (κ2) is 7.56. The third-order valence-electron chi connectivity index (χ3n) is 4.46. The van der Waals surface area contributed by atoms with E-state index in [2.05, 4.69) is 34.4 Å². The van der Waals surface area contributed by atoms with Crippen LogP contribution in [0.25, 0.3) is 27.8 Å². The van der Waals surface area contributed by atoms with E-state index in [1.807, 2.05) is 60.9 Å². The number of benzene rings is 3. The maximum absolute atomic E-state index is 8.72. The highest BCUT2D eigenvalue weighted by Crippen LogP contribution is 2.32. The highest BCUT2D eigenvalue weighted by atomic mass is 16.5. The molecule has 0 amide bonds. The number of aromatic nitrogens is 2. The van der Waals surface area contributed by atoms with Crippen molar-refractivity contribution >= 4 is 17.2 Å². The third kappa shape index (κ3) is 3.47. The first-order valence-corrected chi connectivity index (χ1v) is 9.17. The maximum atomic E-state index is 8.72. The molecule has 0 spiro atoms. The Kier molecular flexibility index (Phi) is 4.81. The number of nitrogens with zero attached hydrogens (tertiary/aromatic N) is 3. The summed E-state index contributed by atoms with van der Waals surface area (Å²) in [6, 6.07) is 22.2. The molecule has 1 aromatic heterocycles. The predicted molar refractivity (Wildman–Crippen MR) is 112 cm³/mol. The van der Waals surface area contributed by atoms with Gasteiger partial charge in [-0.2, -0.15) is 0 Å². The molecule has 5 heteroatoms. The lowest BCUT2D eigenvalue weighted by atomic mass is 10.0. The molecular formula is C23H21N3O2. The van der Waals surface area contributed by atoms with Crippen molar-refractivity contribution in [3.63, 3.8) is 0 Å². The first kappa shape index (κ1) is 17.8. The van der Waals surface area contributed by atoms with Gasteiger partial charge in [-0.05, 0) is 55.3 Å². The Morgan fingerprint density at radius 3 is 2.71 bits per heavy atom. The summed E-state index contributed by atoms with van der Waals surface area (Å²) in [5.74, 6) is 0.873. The number of imidazole rings is 1. The molecule has 0 radical (unpaired) electrons. The van der Waals surface area contributed by atoms with Gasteiger partial charge in [0.2, 0.25) is 0 Å². The van der Waals surface area contributed by atoms with Crippen LogP contribution in [0.3, 0.4) is 0 Å². The fourth-order valence-electron chi connectivity index (χ4n) is 3.27. The molecule has 0 saturated heterocycles. The second-order valence-electron chi connectivity index (χ2n) is 6.82. The second-order valence-corrected chi connectivity index (χ2v) is 6.82. The van der Waals surface area contributed by atoms with Crippen molar-refractivity contribution in [1.29, 1.82) is 0 Å². The Labute approximate surface area is 163 Å². The topological polar surface area (TPSA) is 59.6 Å². The number of hydrogen-bond donors (Lipinski definition) is 1. The van der Waals surface area contributed by atoms with Gasteiger partial charge in [-0.3, -0.25) is 4.57 Å². The van der Waals surface area contributed by atoms with Gasteiger partial charge in [0.25, 0.3) is 0 Å². The van der Waals surface area contributed by atoms with Crippen LogP contribution in [0.5, 0.6) is 5.75 Å². The Morgan fingerprint density at radius 2 is 1.89 bits per heavy atom. The monoisotopic (exact) mass is 371 g/mol. The summed E-state index contributed by atoms with van der Waals surface area (Å²) in [6.07, 6.45) is 3.31. The standard InChI is InChI=1S/C23H21N3O2/c1-16(2)28-23-9-4-3-8-20(23)18-6-5-7-19(13-18)26-15-24-21-12-17(14-25-27)10-11-22(21)26/h3-16,27H,1-2H3/b25-14+. The van der Waals surface area contributed by atoms with Crippen molar-refractivity contribution in [2.45, 2.75) is 20.0 Å². The summed E-state index contributed by atoms with van der Waals surface area (Å²) in [6.45, 7) is 4.06. The highest BCUT2D eigenvalue weighted by molar-refractivity contribution is 5.87. The smallest absolute Gasteiger partial charge is 0.127 e. The molecule has 0 fully saturated rings. The summed E-state index contributed by atoms with van der Waals surface area (Å²) < 4.78 is 8.03. The Hall–Kier alpha value is -3.60. The minimum absolute atomic E-state index is 0.110. The van der Waals surface area contributed by atoms with Crippen LogP contribution >= 0.6 is 0 Å². The average molecular weight is 371 g/mol. The van der Waals surface area contributed by atoms with E-state index in [9.17, 15) is 0 Å². The van der Waals surface area contributed by atoms with E-state index < -0.39 is 0 Å². The van der Waals surface area contributed by atoms with Crippen LogP contribution in [0.2, 0.25) is 0 Å². The summed E-state index contributed by atoms with van der Waals surface area (Å²) in [4.78, 5) is 4.49. The van der Waals surface area contributed by atoms with Gasteiger partial charge in [0.1, 0.15) is 12.1 Å². The van der Waals surface area contributed by atoms with Gasteiger partial charge < -0.3 is 9.94 Å². The van der Waals surface area contributed by atoms with Gasteiger partial charge in [0.05, 0.1) is 23.4 Å². The van der Waals surface area contributed by atoms with Gasteiger partial charge in [0, 0.05) is 11.3 Å². The number of oxime groups is 1. The minimum Gasteiger partial charge on any atom is -0.490 e. The molecule has 4 aromatic rings. The van der Waals surface area contributed by atoms with Crippen molar-refractivity contribution in [3.05, 3.63) is 78.6 Å². The van der Waals surface area contributed by atoms with E-state index in [1.54, 1.807) is 6.33 Å². The quantitative estimate of drug-likeness (QED) is 0.295. The molecule has 3 aromatic carbocycles. The number of para-hydroxylation sites is 1. The van der Waals surface area contributed by atoms with Crippen LogP contribution in [0.15, 0.2) is 78.2 Å². The van der Waals surface area contributed by atoms with Crippen LogP contribution in [-0.2, 0) is 0 Å². The lowest BCUT2D eigenvalue weighted by Gasteiger charge is -2.15. The molecule has 1 heterocycles. The summed E-state index contributed by atoms with van der Waals surface area (Å²) >= 11 is 0. The fourth-order valence-corrected chi connectivity index (χ4v) is 3.27. The lowest BCUT2D eigenvalue weighted by molar-refractivity contribution is 0.243. The molecule has 5 nitrogen and oxygen atoms in total. The number of ether oxygens (including phenoxy) is 1. The van der Waals surface area contributed by atoms with Crippen molar-refractivity contribution < 1.29 is 9.94 Å². The zero-order chi connectivity index (χ0) is 19.5. The van der Waals surface area contributed by atoms with E-state index in [4.69, 9.17) is 9.94 Å². The van der Waals surface area contributed by atoms with E-state index >= 15 is 0 Å². The molecule has 0 aliphatic carbocycles. The Morgan fingerprint density at radius 1 is 1.04 bits per heavy atom. The zero-order valence-electron chi connectivity index (χ0n) is 15.8. The van der Waals surface area contributed by atoms with Crippen molar-refractivity contribution in [3.8, 4) is 22.6 Å². The van der Waals surface area contributed by atoms with Gasteiger partial charge >= 0.3 is 0 Å². The molecule has 0 atom stereocenters. The summed E-state index contributed by atoms with van der Waals surface area (Å²) in [5.41, 5.74) is 5.78. The molecule has 1 N–H and O–H groups in total. The third-order valence-corrected chi connectivity index (χ3v) is 4.46. The molecule has 0 unspecified atom stereocenters. The van der Waals surface area contributed by atoms with E-state index in [1.165, 1.54) is 6.21 Å². The predicted octanol–water partition coefficient (Wildman–Crippen LogP) is 5.29. The molecule has 4 rings (SSSR count). The minimum atomic E-state index is 0.110.